The molecule has 0 saturated carbocycles. The Morgan fingerprint density at radius 1 is 1.30 bits per heavy atom. The fraction of sp³-hybridized carbons (Fsp3) is 0.500. The first kappa shape index (κ1) is 15.7. The van der Waals surface area contributed by atoms with Gasteiger partial charge in [0.2, 0.25) is 5.82 Å². The molecule has 1 aromatic carbocycles. The molecular formula is C14H12F4N2O3. The fourth-order valence-electron chi connectivity index (χ4n) is 3.55. The molecular weight excluding hydrogens is 320 g/mol. The first-order valence-corrected chi connectivity index (χ1v) is 6.99. The smallest absolute Gasteiger partial charge is 0.334 e. The van der Waals surface area contributed by atoms with Crippen LogP contribution in [0.15, 0.2) is 12.1 Å². The van der Waals surface area contributed by atoms with Gasteiger partial charge in [0.15, 0.2) is 0 Å². The zero-order chi connectivity index (χ0) is 16.9. The molecule has 1 heterocycles. The normalized spacial score (nSPS) is 23.4. The lowest BCUT2D eigenvalue weighted by molar-refractivity contribution is -0.387. The molecule has 2 unspecified atom stereocenters. The number of carbonyl (C=O) groups is 1. The minimum atomic E-state index is -4.94. The number of hydrogen-bond acceptors (Lipinski definition) is 3. The first-order chi connectivity index (χ1) is 10.7. The van der Waals surface area contributed by atoms with Crippen LogP contribution in [0.1, 0.15) is 23.5 Å². The first-order valence-electron chi connectivity index (χ1n) is 6.99. The van der Waals surface area contributed by atoms with Gasteiger partial charge in [0.25, 0.3) is 0 Å². The van der Waals surface area contributed by atoms with Crippen molar-refractivity contribution < 1.29 is 27.3 Å². The lowest BCUT2D eigenvalue weighted by atomic mass is 9.73. The summed E-state index contributed by atoms with van der Waals surface area (Å²) in [7, 11) is 0. The summed E-state index contributed by atoms with van der Waals surface area (Å²) >= 11 is 0. The molecule has 0 aromatic heterocycles. The maximum Gasteiger partial charge on any atom is 0.471 e. The highest BCUT2D eigenvalue weighted by Crippen LogP contribution is 2.42. The molecule has 0 radical (unpaired) electrons. The van der Waals surface area contributed by atoms with Gasteiger partial charge in [-0.05, 0) is 36.0 Å². The second kappa shape index (κ2) is 5.17. The number of fused-ring (bicyclic) bond motifs is 4. The zero-order valence-corrected chi connectivity index (χ0v) is 11.8. The van der Waals surface area contributed by atoms with Crippen molar-refractivity contribution in [3.8, 4) is 0 Å². The molecule has 1 aromatic rings. The Hall–Kier alpha value is -2.19. The summed E-state index contributed by atoms with van der Waals surface area (Å²) in [4.78, 5) is 22.1. The Morgan fingerprint density at radius 3 is 2.61 bits per heavy atom. The second-order valence-electron chi connectivity index (χ2n) is 5.97. The second-order valence-corrected chi connectivity index (χ2v) is 5.97. The van der Waals surface area contributed by atoms with Crippen LogP contribution < -0.4 is 0 Å². The largest absolute Gasteiger partial charge is 0.471 e. The van der Waals surface area contributed by atoms with Gasteiger partial charge in [-0.3, -0.25) is 14.9 Å². The Labute approximate surface area is 128 Å². The maximum absolute atomic E-state index is 13.8. The predicted octanol–water partition coefficient (Wildman–Crippen LogP) is 2.78. The summed E-state index contributed by atoms with van der Waals surface area (Å²) < 4.78 is 51.6. The summed E-state index contributed by atoms with van der Waals surface area (Å²) in [6.07, 6.45) is -4.09. The van der Waals surface area contributed by atoms with Gasteiger partial charge < -0.3 is 4.90 Å². The molecule has 9 heteroatoms. The van der Waals surface area contributed by atoms with Gasteiger partial charge in [0.1, 0.15) is 0 Å². The number of piperidine rings is 1. The highest BCUT2D eigenvalue weighted by atomic mass is 19.4. The monoisotopic (exact) mass is 332 g/mol. The molecule has 5 nitrogen and oxygen atoms in total. The minimum absolute atomic E-state index is 0.0422. The Morgan fingerprint density at radius 2 is 2.00 bits per heavy atom. The molecule has 1 aliphatic heterocycles. The van der Waals surface area contributed by atoms with Crippen LogP contribution in [0.2, 0.25) is 0 Å². The van der Waals surface area contributed by atoms with E-state index in [-0.39, 0.29) is 19.0 Å². The van der Waals surface area contributed by atoms with Crippen molar-refractivity contribution in [1.82, 2.24) is 4.90 Å². The third-order valence-electron chi connectivity index (χ3n) is 4.42. The number of nitro groups is 1. The lowest BCUT2D eigenvalue weighted by Gasteiger charge is -2.42. The van der Waals surface area contributed by atoms with Gasteiger partial charge in [-0.25, -0.2) is 0 Å². The van der Waals surface area contributed by atoms with Crippen LogP contribution in [0.3, 0.4) is 0 Å². The molecule has 3 rings (SSSR count). The molecule has 1 fully saturated rings. The number of benzene rings is 1. The van der Waals surface area contributed by atoms with Crippen molar-refractivity contribution in [3.63, 3.8) is 0 Å². The highest BCUT2D eigenvalue weighted by Gasteiger charge is 2.46. The lowest BCUT2D eigenvalue weighted by Crippen LogP contribution is -2.50. The van der Waals surface area contributed by atoms with Crippen molar-refractivity contribution in [2.75, 3.05) is 13.1 Å². The van der Waals surface area contributed by atoms with Gasteiger partial charge in [-0.15, -0.1) is 0 Å². The summed E-state index contributed by atoms with van der Waals surface area (Å²) in [5, 5.41) is 10.8. The van der Waals surface area contributed by atoms with Crippen molar-refractivity contribution in [1.29, 1.82) is 0 Å². The van der Waals surface area contributed by atoms with E-state index in [2.05, 4.69) is 0 Å². The molecule has 1 saturated heterocycles. The molecule has 2 bridgehead atoms. The molecule has 2 atom stereocenters. The molecule has 0 spiro atoms. The van der Waals surface area contributed by atoms with E-state index in [4.69, 9.17) is 0 Å². The maximum atomic E-state index is 13.8. The molecule has 1 amide bonds. The SMILES string of the molecule is O=C(N1CC2Cc3cc([N+](=O)[O-])c(F)cc3C(C2)C1)C(F)(F)F. The van der Waals surface area contributed by atoms with Crippen molar-refractivity contribution in [2.24, 2.45) is 5.92 Å². The number of alkyl halides is 3. The van der Waals surface area contributed by atoms with E-state index >= 15 is 0 Å². The van der Waals surface area contributed by atoms with Gasteiger partial charge >= 0.3 is 17.8 Å². The van der Waals surface area contributed by atoms with E-state index in [1.165, 1.54) is 0 Å². The topological polar surface area (TPSA) is 63.5 Å². The molecule has 124 valence electrons. The predicted molar refractivity (Wildman–Crippen MR) is 70.2 cm³/mol. The number of halogens is 4. The van der Waals surface area contributed by atoms with E-state index in [9.17, 15) is 32.5 Å². The number of hydrogen-bond donors (Lipinski definition) is 0. The van der Waals surface area contributed by atoms with E-state index in [0.29, 0.717) is 24.0 Å². The number of carbonyl (C=O) groups excluding carboxylic acids is 1. The Balaban J connectivity index is 1.93. The van der Waals surface area contributed by atoms with E-state index in [0.717, 1.165) is 17.0 Å². The zero-order valence-electron chi connectivity index (χ0n) is 11.8. The number of likely N-dealkylation sites (tertiary alicyclic amines) is 1. The third-order valence-corrected chi connectivity index (χ3v) is 4.42. The standard InChI is InChI=1S/C14H12F4N2O3/c15-11-4-10-8(3-12(11)20(22)23)1-7-2-9(10)6-19(5-7)13(21)14(16,17)18/h3-4,7,9H,1-2,5-6H2. The van der Waals surface area contributed by atoms with E-state index in [1.807, 2.05) is 0 Å². The molecule has 1 aliphatic carbocycles. The minimum Gasteiger partial charge on any atom is -0.334 e. The van der Waals surface area contributed by atoms with E-state index < -0.39 is 34.4 Å². The Kier molecular flexibility index (Phi) is 3.53. The van der Waals surface area contributed by atoms with Crippen LogP contribution in [0.4, 0.5) is 23.2 Å². The fourth-order valence-corrected chi connectivity index (χ4v) is 3.55. The molecule has 2 aliphatic rings. The summed E-state index contributed by atoms with van der Waals surface area (Å²) in [5.74, 6) is -3.54. The van der Waals surface area contributed by atoms with Crippen molar-refractivity contribution in [3.05, 3.63) is 39.2 Å². The van der Waals surface area contributed by atoms with Crippen LogP contribution in [-0.4, -0.2) is 35.0 Å². The quantitative estimate of drug-likeness (QED) is 0.451. The van der Waals surface area contributed by atoms with Gasteiger partial charge in [0, 0.05) is 25.1 Å². The van der Waals surface area contributed by atoms with Crippen LogP contribution in [-0.2, 0) is 11.2 Å². The number of nitrogens with zero attached hydrogens (tertiary/aromatic N) is 2. The van der Waals surface area contributed by atoms with Crippen molar-refractivity contribution >= 4 is 11.6 Å². The third kappa shape index (κ3) is 2.75. The average Bonchev–Trinajstić information content (AvgIpc) is 2.45. The van der Waals surface area contributed by atoms with Crippen molar-refractivity contribution in [2.45, 2.75) is 24.9 Å². The van der Waals surface area contributed by atoms with E-state index in [1.54, 1.807) is 0 Å². The van der Waals surface area contributed by atoms with Crippen LogP contribution in [0, 0.1) is 21.8 Å². The van der Waals surface area contributed by atoms with Gasteiger partial charge in [0.05, 0.1) is 4.92 Å². The van der Waals surface area contributed by atoms with Gasteiger partial charge in [-0.2, -0.15) is 17.6 Å². The number of nitro benzene ring substituents is 1. The summed E-state index contributed by atoms with van der Waals surface area (Å²) in [6, 6.07) is 2.18. The van der Waals surface area contributed by atoms with Gasteiger partial charge in [-0.1, -0.05) is 0 Å². The van der Waals surface area contributed by atoms with Crippen LogP contribution >= 0.6 is 0 Å². The van der Waals surface area contributed by atoms with Crippen LogP contribution in [0.5, 0.6) is 0 Å². The van der Waals surface area contributed by atoms with Crippen LogP contribution in [0.25, 0.3) is 0 Å². The summed E-state index contributed by atoms with van der Waals surface area (Å²) in [5.41, 5.74) is 0.412. The molecule has 23 heavy (non-hydrogen) atoms. The average molecular weight is 332 g/mol. The Bertz CT molecular complexity index is 689. The number of amides is 1. The number of rotatable bonds is 1. The highest BCUT2D eigenvalue weighted by molar-refractivity contribution is 5.82. The summed E-state index contributed by atoms with van der Waals surface area (Å²) in [6.45, 7) is -0.196. The molecule has 0 N–H and O–H groups in total.